The highest BCUT2D eigenvalue weighted by molar-refractivity contribution is 5.83. The lowest BCUT2D eigenvalue weighted by atomic mass is 9.96. The van der Waals surface area contributed by atoms with E-state index in [9.17, 15) is 4.79 Å². The Hall–Kier alpha value is -1.35. The Bertz CT molecular complexity index is 410. The number of hydrogen-bond donors (Lipinski definition) is 1. The Morgan fingerprint density at radius 1 is 1.15 bits per heavy atom. The van der Waals surface area contributed by atoms with Crippen molar-refractivity contribution in [3.05, 3.63) is 35.4 Å². The topological polar surface area (TPSA) is 32.3 Å². The molecule has 0 radical (unpaired) electrons. The minimum Gasteiger partial charge on any atom is -0.354 e. The van der Waals surface area contributed by atoms with Gasteiger partial charge in [-0.25, -0.2) is 0 Å². The number of hydrogen-bond acceptors (Lipinski definition) is 2. The summed E-state index contributed by atoms with van der Waals surface area (Å²) in [4.78, 5) is 14.1. The predicted molar refractivity (Wildman–Crippen MR) is 85.0 cm³/mol. The standard InChI is InChI=1S/C17H28N2O/c1-13(2)12-15-6-8-16(9-7-15)14(3)17(20)18-10-11-19(4)5/h6-9,13-14H,10-12H2,1-5H3,(H,18,20)/t14-/m1/s1. The molecular formula is C17H28N2O. The van der Waals surface area contributed by atoms with Gasteiger partial charge in [0.25, 0.3) is 0 Å². The highest BCUT2D eigenvalue weighted by Gasteiger charge is 2.14. The van der Waals surface area contributed by atoms with Crippen LogP contribution in [0.15, 0.2) is 24.3 Å². The smallest absolute Gasteiger partial charge is 0.227 e. The number of amides is 1. The van der Waals surface area contributed by atoms with E-state index in [1.54, 1.807) is 0 Å². The molecule has 0 bridgehead atoms. The molecule has 0 fully saturated rings. The van der Waals surface area contributed by atoms with Gasteiger partial charge in [-0.2, -0.15) is 0 Å². The van der Waals surface area contributed by atoms with Crippen LogP contribution in [0.1, 0.15) is 37.8 Å². The minimum absolute atomic E-state index is 0.0923. The monoisotopic (exact) mass is 276 g/mol. The van der Waals surface area contributed by atoms with Gasteiger partial charge in [-0.3, -0.25) is 4.79 Å². The van der Waals surface area contributed by atoms with E-state index in [1.165, 1.54) is 5.56 Å². The van der Waals surface area contributed by atoms with Crippen LogP contribution in [0.5, 0.6) is 0 Å². The molecule has 20 heavy (non-hydrogen) atoms. The van der Waals surface area contributed by atoms with E-state index in [0.29, 0.717) is 12.5 Å². The fourth-order valence-corrected chi connectivity index (χ4v) is 2.12. The molecule has 1 aromatic rings. The van der Waals surface area contributed by atoms with Gasteiger partial charge in [0.2, 0.25) is 5.91 Å². The van der Waals surface area contributed by atoms with Gasteiger partial charge < -0.3 is 10.2 Å². The summed E-state index contributed by atoms with van der Waals surface area (Å²) in [6.45, 7) is 7.96. The first-order valence-corrected chi connectivity index (χ1v) is 7.41. The van der Waals surface area contributed by atoms with Crippen LogP contribution in [0, 0.1) is 5.92 Å². The van der Waals surface area contributed by atoms with Gasteiger partial charge >= 0.3 is 0 Å². The lowest BCUT2D eigenvalue weighted by molar-refractivity contribution is -0.122. The van der Waals surface area contributed by atoms with Crippen LogP contribution in [-0.4, -0.2) is 38.0 Å². The van der Waals surface area contributed by atoms with Crippen LogP contribution in [0.2, 0.25) is 0 Å². The molecule has 112 valence electrons. The molecule has 0 heterocycles. The number of likely N-dealkylation sites (N-methyl/N-ethyl adjacent to an activating group) is 1. The molecule has 0 aliphatic carbocycles. The van der Waals surface area contributed by atoms with Crippen molar-refractivity contribution >= 4 is 5.91 Å². The fraction of sp³-hybridized carbons (Fsp3) is 0.588. The number of carbonyl (C=O) groups excluding carboxylic acids is 1. The second kappa shape index (κ2) is 8.05. The van der Waals surface area contributed by atoms with Crippen molar-refractivity contribution in [2.75, 3.05) is 27.2 Å². The van der Waals surface area contributed by atoms with Crippen molar-refractivity contribution in [3.8, 4) is 0 Å². The second-order valence-electron chi connectivity index (χ2n) is 6.16. The van der Waals surface area contributed by atoms with E-state index in [4.69, 9.17) is 0 Å². The highest BCUT2D eigenvalue weighted by Crippen LogP contribution is 2.17. The molecule has 1 amide bonds. The molecule has 0 spiro atoms. The third-order valence-electron chi connectivity index (χ3n) is 3.38. The first kappa shape index (κ1) is 16.7. The third kappa shape index (κ3) is 5.74. The molecule has 3 nitrogen and oxygen atoms in total. The molecule has 0 aliphatic rings. The van der Waals surface area contributed by atoms with Crippen molar-refractivity contribution in [1.29, 1.82) is 0 Å². The molecule has 0 aromatic heterocycles. The summed E-state index contributed by atoms with van der Waals surface area (Å²) >= 11 is 0. The SMILES string of the molecule is CC(C)Cc1ccc([C@@H](C)C(=O)NCCN(C)C)cc1. The van der Waals surface area contributed by atoms with Crippen LogP contribution in [-0.2, 0) is 11.2 Å². The predicted octanol–water partition coefficient (Wildman–Crippen LogP) is 2.67. The Kier molecular flexibility index (Phi) is 6.73. The lowest BCUT2D eigenvalue weighted by Gasteiger charge is -2.15. The van der Waals surface area contributed by atoms with Gasteiger partial charge in [-0.1, -0.05) is 38.1 Å². The van der Waals surface area contributed by atoms with E-state index in [0.717, 1.165) is 18.5 Å². The number of nitrogens with one attached hydrogen (secondary N) is 1. The Labute approximate surface area is 123 Å². The van der Waals surface area contributed by atoms with Crippen molar-refractivity contribution < 1.29 is 4.79 Å². The minimum atomic E-state index is -0.0923. The summed E-state index contributed by atoms with van der Waals surface area (Å²) in [5.74, 6) is 0.668. The first-order chi connectivity index (χ1) is 9.40. The lowest BCUT2D eigenvalue weighted by Crippen LogP contribution is -2.33. The zero-order valence-electron chi connectivity index (χ0n) is 13.4. The summed E-state index contributed by atoms with van der Waals surface area (Å²) in [7, 11) is 4.01. The van der Waals surface area contributed by atoms with Crippen molar-refractivity contribution in [2.24, 2.45) is 5.92 Å². The zero-order valence-corrected chi connectivity index (χ0v) is 13.4. The molecule has 1 atom stereocenters. The van der Waals surface area contributed by atoms with Crippen LogP contribution in [0.4, 0.5) is 0 Å². The summed E-state index contributed by atoms with van der Waals surface area (Å²) < 4.78 is 0. The largest absolute Gasteiger partial charge is 0.354 e. The summed E-state index contributed by atoms with van der Waals surface area (Å²) in [6.07, 6.45) is 1.09. The molecule has 0 unspecified atom stereocenters. The number of carbonyl (C=O) groups is 1. The summed E-state index contributed by atoms with van der Waals surface area (Å²) in [6, 6.07) is 8.43. The van der Waals surface area contributed by atoms with Crippen LogP contribution < -0.4 is 5.32 Å². The van der Waals surface area contributed by atoms with Crippen LogP contribution >= 0.6 is 0 Å². The third-order valence-corrected chi connectivity index (χ3v) is 3.38. The van der Waals surface area contributed by atoms with Gasteiger partial charge in [-0.05, 0) is 44.5 Å². The normalized spacial score (nSPS) is 12.8. The maximum absolute atomic E-state index is 12.1. The average Bonchev–Trinajstić information content (AvgIpc) is 2.37. The van der Waals surface area contributed by atoms with Crippen molar-refractivity contribution in [2.45, 2.75) is 33.1 Å². The summed E-state index contributed by atoms with van der Waals surface area (Å²) in [5.41, 5.74) is 2.42. The highest BCUT2D eigenvalue weighted by atomic mass is 16.1. The molecule has 1 aromatic carbocycles. The van der Waals surface area contributed by atoms with Gasteiger partial charge in [0, 0.05) is 13.1 Å². The number of rotatable bonds is 7. The Balaban J connectivity index is 2.53. The van der Waals surface area contributed by atoms with Gasteiger partial charge in [-0.15, -0.1) is 0 Å². The maximum atomic E-state index is 12.1. The zero-order chi connectivity index (χ0) is 15.1. The number of nitrogens with zero attached hydrogens (tertiary/aromatic N) is 1. The quantitative estimate of drug-likeness (QED) is 0.830. The van der Waals surface area contributed by atoms with Crippen LogP contribution in [0.3, 0.4) is 0 Å². The average molecular weight is 276 g/mol. The second-order valence-corrected chi connectivity index (χ2v) is 6.16. The first-order valence-electron chi connectivity index (χ1n) is 7.41. The van der Waals surface area contributed by atoms with Gasteiger partial charge in [0.1, 0.15) is 0 Å². The molecule has 3 heteroatoms. The van der Waals surface area contributed by atoms with Crippen molar-refractivity contribution in [3.63, 3.8) is 0 Å². The maximum Gasteiger partial charge on any atom is 0.227 e. The fourth-order valence-electron chi connectivity index (χ4n) is 2.12. The molecule has 1 N–H and O–H groups in total. The number of benzene rings is 1. The van der Waals surface area contributed by atoms with Crippen molar-refractivity contribution in [1.82, 2.24) is 10.2 Å². The van der Waals surface area contributed by atoms with E-state index >= 15 is 0 Å². The van der Waals surface area contributed by atoms with E-state index in [2.05, 4.69) is 48.3 Å². The van der Waals surface area contributed by atoms with Gasteiger partial charge in [0.05, 0.1) is 5.92 Å². The van der Waals surface area contributed by atoms with Crippen LogP contribution in [0.25, 0.3) is 0 Å². The Morgan fingerprint density at radius 3 is 2.25 bits per heavy atom. The molecule has 1 rings (SSSR count). The van der Waals surface area contributed by atoms with E-state index in [1.807, 2.05) is 21.0 Å². The molecule has 0 saturated heterocycles. The van der Waals surface area contributed by atoms with E-state index < -0.39 is 0 Å². The molecule has 0 saturated carbocycles. The summed E-state index contributed by atoms with van der Waals surface area (Å²) in [5, 5.41) is 2.98. The Morgan fingerprint density at radius 2 is 1.75 bits per heavy atom. The molecular weight excluding hydrogens is 248 g/mol. The van der Waals surface area contributed by atoms with E-state index in [-0.39, 0.29) is 11.8 Å². The molecule has 0 aliphatic heterocycles. The van der Waals surface area contributed by atoms with Gasteiger partial charge in [0.15, 0.2) is 0 Å².